The average molecular weight is 283 g/mol. The summed E-state index contributed by atoms with van der Waals surface area (Å²) in [4.78, 5) is 11.5. The van der Waals surface area contributed by atoms with E-state index in [4.69, 9.17) is 4.74 Å². The van der Waals surface area contributed by atoms with Gasteiger partial charge in [-0.3, -0.25) is 0 Å². The highest BCUT2D eigenvalue weighted by Crippen LogP contribution is 2.20. The van der Waals surface area contributed by atoms with Crippen molar-refractivity contribution in [2.45, 2.75) is 19.3 Å². The number of nitrogens with one attached hydrogen (secondary N) is 1. The second kappa shape index (κ2) is 8.10. The summed E-state index contributed by atoms with van der Waals surface area (Å²) >= 11 is 0. The Morgan fingerprint density at radius 2 is 1.67 bits per heavy atom. The third kappa shape index (κ3) is 4.95. The first-order valence-electron chi connectivity index (χ1n) is 7.29. The third-order valence-electron chi connectivity index (χ3n) is 3.36. The zero-order valence-electron chi connectivity index (χ0n) is 12.3. The Balaban J connectivity index is 2.06. The van der Waals surface area contributed by atoms with E-state index in [1.807, 2.05) is 36.4 Å². The molecule has 1 unspecified atom stereocenters. The molecule has 0 aliphatic carbocycles. The Morgan fingerprint density at radius 1 is 1.05 bits per heavy atom. The van der Waals surface area contributed by atoms with Crippen molar-refractivity contribution in [1.29, 1.82) is 0 Å². The van der Waals surface area contributed by atoms with Crippen molar-refractivity contribution in [2.24, 2.45) is 0 Å². The van der Waals surface area contributed by atoms with Crippen LogP contribution in [0.3, 0.4) is 0 Å². The van der Waals surface area contributed by atoms with E-state index >= 15 is 0 Å². The molecule has 2 aromatic carbocycles. The van der Waals surface area contributed by atoms with Crippen molar-refractivity contribution in [2.75, 3.05) is 13.2 Å². The van der Waals surface area contributed by atoms with E-state index in [2.05, 4.69) is 29.6 Å². The Labute approximate surface area is 126 Å². The lowest BCUT2D eigenvalue weighted by atomic mass is 9.92. The van der Waals surface area contributed by atoms with Crippen LogP contribution in [-0.2, 0) is 11.2 Å². The molecule has 3 nitrogen and oxygen atoms in total. The van der Waals surface area contributed by atoms with Gasteiger partial charge in [0.25, 0.3) is 0 Å². The average Bonchev–Trinajstić information content (AvgIpc) is 2.53. The number of benzene rings is 2. The van der Waals surface area contributed by atoms with Gasteiger partial charge in [0, 0.05) is 12.5 Å². The number of carbonyl (C=O) groups excluding carboxylic acids is 1. The van der Waals surface area contributed by atoms with E-state index in [1.54, 1.807) is 6.92 Å². The van der Waals surface area contributed by atoms with Crippen molar-refractivity contribution >= 4 is 6.09 Å². The molecule has 0 aliphatic heterocycles. The highest BCUT2D eigenvalue weighted by molar-refractivity contribution is 5.67. The van der Waals surface area contributed by atoms with Crippen molar-refractivity contribution in [3.63, 3.8) is 0 Å². The minimum absolute atomic E-state index is 0.234. The van der Waals surface area contributed by atoms with Gasteiger partial charge >= 0.3 is 6.09 Å². The lowest BCUT2D eigenvalue weighted by molar-refractivity contribution is 0.151. The van der Waals surface area contributed by atoms with Gasteiger partial charge in [0.2, 0.25) is 0 Å². The molecule has 0 radical (unpaired) electrons. The maximum atomic E-state index is 11.5. The minimum Gasteiger partial charge on any atom is -0.450 e. The summed E-state index contributed by atoms with van der Waals surface area (Å²) in [6.45, 7) is 2.76. The molecular formula is C18H21NO2. The second-order valence-electron chi connectivity index (χ2n) is 4.90. The fourth-order valence-corrected chi connectivity index (χ4v) is 2.32. The van der Waals surface area contributed by atoms with Crippen molar-refractivity contribution in [3.05, 3.63) is 71.8 Å². The first-order valence-corrected chi connectivity index (χ1v) is 7.29. The van der Waals surface area contributed by atoms with Gasteiger partial charge in [0.15, 0.2) is 0 Å². The minimum atomic E-state index is -0.355. The molecule has 110 valence electrons. The number of carbonyl (C=O) groups is 1. The zero-order chi connectivity index (χ0) is 14.9. The summed E-state index contributed by atoms with van der Waals surface area (Å²) in [6.07, 6.45) is 0.531. The van der Waals surface area contributed by atoms with Gasteiger partial charge < -0.3 is 10.1 Å². The van der Waals surface area contributed by atoms with Crippen LogP contribution in [0, 0.1) is 0 Å². The normalized spacial score (nSPS) is 11.7. The largest absolute Gasteiger partial charge is 0.450 e. The number of ether oxygens (including phenoxy) is 1. The first kappa shape index (κ1) is 15.1. The summed E-state index contributed by atoms with van der Waals surface area (Å²) in [5.74, 6) is 0.234. The first-order chi connectivity index (χ1) is 10.3. The highest BCUT2D eigenvalue weighted by atomic mass is 16.5. The molecule has 0 heterocycles. The van der Waals surface area contributed by atoms with Crippen LogP contribution in [0.1, 0.15) is 24.0 Å². The molecule has 0 saturated heterocycles. The Bertz CT molecular complexity index is 540. The number of hydrogen-bond donors (Lipinski definition) is 1. The van der Waals surface area contributed by atoms with Crippen LogP contribution in [-0.4, -0.2) is 19.2 Å². The summed E-state index contributed by atoms with van der Waals surface area (Å²) in [5.41, 5.74) is 2.48. The Kier molecular flexibility index (Phi) is 5.83. The maximum Gasteiger partial charge on any atom is 0.407 e. The molecule has 2 rings (SSSR count). The molecule has 21 heavy (non-hydrogen) atoms. The topological polar surface area (TPSA) is 38.3 Å². The molecule has 0 aliphatic rings. The van der Waals surface area contributed by atoms with Crippen molar-refractivity contribution < 1.29 is 9.53 Å². The van der Waals surface area contributed by atoms with Crippen LogP contribution in [0.5, 0.6) is 0 Å². The monoisotopic (exact) mass is 283 g/mol. The lowest BCUT2D eigenvalue weighted by Gasteiger charge is -2.18. The summed E-state index contributed by atoms with van der Waals surface area (Å²) in [6, 6.07) is 20.6. The summed E-state index contributed by atoms with van der Waals surface area (Å²) in [5, 5.41) is 2.84. The van der Waals surface area contributed by atoms with Gasteiger partial charge in [0.05, 0.1) is 6.61 Å². The van der Waals surface area contributed by atoms with E-state index in [1.165, 1.54) is 11.1 Å². The molecule has 1 N–H and O–H groups in total. The van der Waals surface area contributed by atoms with Crippen LogP contribution in [0.4, 0.5) is 4.79 Å². The van der Waals surface area contributed by atoms with E-state index in [9.17, 15) is 4.79 Å². The Morgan fingerprint density at radius 3 is 2.29 bits per heavy atom. The van der Waals surface area contributed by atoms with Gasteiger partial charge in [-0.1, -0.05) is 60.7 Å². The fourth-order valence-electron chi connectivity index (χ4n) is 2.32. The standard InChI is InChI=1S/C18H21NO2/c1-2-21-18(20)19-14-17(16-11-7-4-8-12-16)13-15-9-5-3-6-10-15/h3-12,17H,2,13-14H2,1H3,(H,19,20). The van der Waals surface area contributed by atoms with Gasteiger partial charge in [-0.15, -0.1) is 0 Å². The molecule has 0 spiro atoms. The van der Waals surface area contributed by atoms with Gasteiger partial charge in [-0.25, -0.2) is 4.79 Å². The molecule has 1 atom stereocenters. The molecule has 0 bridgehead atoms. The van der Waals surface area contributed by atoms with Gasteiger partial charge in [-0.05, 0) is 24.5 Å². The van der Waals surface area contributed by atoms with Gasteiger partial charge in [-0.2, -0.15) is 0 Å². The number of hydrogen-bond acceptors (Lipinski definition) is 2. The smallest absolute Gasteiger partial charge is 0.407 e. The Hall–Kier alpha value is -2.29. The summed E-state index contributed by atoms with van der Waals surface area (Å²) in [7, 11) is 0. The van der Waals surface area contributed by atoms with Crippen LogP contribution < -0.4 is 5.32 Å². The molecular weight excluding hydrogens is 262 g/mol. The van der Waals surface area contributed by atoms with E-state index in [0.29, 0.717) is 13.2 Å². The molecule has 3 heteroatoms. The summed E-state index contributed by atoms with van der Waals surface area (Å²) < 4.78 is 4.93. The van der Waals surface area contributed by atoms with E-state index < -0.39 is 0 Å². The van der Waals surface area contributed by atoms with Crippen LogP contribution in [0.2, 0.25) is 0 Å². The van der Waals surface area contributed by atoms with Crippen LogP contribution >= 0.6 is 0 Å². The van der Waals surface area contributed by atoms with Crippen LogP contribution in [0.15, 0.2) is 60.7 Å². The molecule has 2 aromatic rings. The van der Waals surface area contributed by atoms with Gasteiger partial charge in [0.1, 0.15) is 0 Å². The predicted octanol–water partition coefficient (Wildman–Crippen LogP) is 3.76. The molecule has 1 amide bonds. The van der Waals surface area contributed by atoms with Crippen LogP contribution in [0.25, 0.3) is 0 Å². The fraction of sp³-hybridized carbons (Fsp3) is 0.278. The predicted molar refractivity (Wildman–Crippen MR) is 84.4 cm³/mol. The molecule has 0 fully saturated rings. The SMILES string of the molecule is CCOC(=O)NCC(Cc1ccccc1)c1ccccc1. The number of rotatable bonds is 6. The number of alkyl carbamates (subject to hydrolysis) is 1. The number of amides is 1. The second-order valence-corrected chi connectivity index (χ2v) is 4.90. The lowest BCUT2D eigenvalue weighted by Crippen LogP contribution is -2.29. The van der Waals surface area contributed by atoms with E-state index in [-0.39, 0.29) is 12.0 Å². The zero-order valence-corrected chi connectivity index (χ0v) is 12.3. The molecule has 0 saturated carbocycles. The van der Waals surface area contributed by atoms with Crippen molar-refractivity contribution in [1.82, 2.24) is 5.32 Å². The molecule has 0 aromatic heterocycles. The van der Waals surface area contributed by atoms with Crippen molar-refractivity contribution in [3.8, 4) is 0 Å². The third-order valence-corrected chi connectivity index (χ3v) is 3.36. The highest BCUT2D eigenvalue weighted by Gasteiger charge is 2.14. The maximum absolute atomic E-state index is 11.5. The quantitative estimate of drug-likeness (QED) is 0.876. The van der Waals surface area contributed by atoms with E-state index in [0.717, 1.165) is 6.42 Å².